The molecule has 1 atom stereocenters. The number of phenolic OH excluding ortho intramolecular Hbond substituents is 1. The zero-order chi connectivity index (χ0) is 25.7. The van der Waals surface area contributed by atoms with E-state index in [4.69, 9.17) is 5.11 Å². The molecule has 0 aromatic heterocycles. The van der Waals surface area contributed by atoms with Crippen molar-refractivity contribution in [3.05, 3.63) is 65.7 Å². The number of hydrogen-bond donors (Lipinski definition) is 4. The van der Waals surface area contributed by atoms with Crippen LogP contribution in [0.5, 0.6) is 5.75 Å². The number of aryl methyl sites for hydroxylation is 1. The minimum atomic E-state index is -0.0775. The summed E-state index contributed by atoms with van der Waals surface area (Å²) in [7, 11) is 0. The van der Waals surface area contributed by atoms with Crippen molar-refractivity contribution in [3.63, 3.8) is 0 Å². The summed E-state index contributed by atoms with van der Waals surface area (Å²) in [6.07, 6.45) is 15.5. The number of aliphatic hydroxyl groups is 1. The smallest absolute Gasteiger partial charge is 0.219 e. The van der Waals surface area contributed by atoms with Gasteiger partial charge in [-0.05, 0) is 50.4 Å². The number of nitrogens with one attached hydrogen (secondary N) is 1. The normalized spacial score (nSPS) is 11.7. The number of halogens is 1. The summed E-state index contributed by atoms with van der Waals surface area (Å²) >= 11 is 0. The van der Waals surface area contributed by atoms with Gasteiger partial charge in [-0.1, -0.05) is 99.9 Å². The van der Waals surface area contributed by atoms with Gasteiger partial charge in [0.1, 0.15) is 11.8 Å². The van der Waals surface area contributed by atoms with E-state index in [1.807, 2.05) is 53.8 Å². The molecule has 5 nitrogen and oxygen atoms in total. The maximum atomic E-state index is 12.8. The van der Waals surface area contributed by atoms with Crippen LogP contribution in [0.4, 0.5) is 0 Å². The lowest BCUT2D eigenvalue weighted by Gasteiger charge is -2.14. The predicted molar refractivity (Wildman–Crippen MR) is 149 cm³/mol. The van der Waals surface area contributed by atoms with Gasteiger partial charge in [-0.2, -0.15) is 0 Å². The minimum absolute atomic E-state index is 0. The lowest BCUT2D eigenvalue weighted by molar-refractivity contribution is -0.677. The molecule has 6 heteroatoms. The molecule has 0 radical (unpaired) electrons. The number of hydrogen-bond acceptors (Lipinski definition) is 4. The molecule has 2 aromatic rings. The van der Waals surface area contributed by atoms with Crippen LogP contribution in [-0.4, -0.2) is 48.3 Å². The van der Waals surface area contributed by atoms with Gasteiger partial charge in [0.15, 0.2) is 0 Å². The van der Waals surface area contributed by atoms with E-state index in [1.165, 1.54) is 57.8 Å². The fraction of sp³-hybridized carbons (Fsp3) is 0.581. The van der Waals surface area contributed by atoms with Gasteiger partial charge in [0.05, 0.1) is 13.2 Å². The standard InChI is InChI=1S/C31H48N2O3.ClH/c34-26-25-33-29(31(36)28-18-10-9-11-19-28)21-12-7-5-3-1-2-4-6-8-15-23-32-24-16-20-27-17-13-14-22-30(27)35;/h9-11,13-14,17-19,22,29,32-35H,1-8,12,15-16,20-21,23-26H2;1H. The number of rotatable bonds is 22. The van der Waals surface area contributed by atoms with E-state index >= 15 is 0 Å². The molecule has 0 saturated carbocycles. The van der Waals surface area contributed by atoms with Crippen LogP contribution in [0.3, 0.4) is 0 Å². The Bertz CT molecular complexity index is 819. The number of para-hydroxylation sites is 1. The number of unbranched alkanes of at least 4 members (excludes halogenated alkanes) is 9. The fourth-order valence-electron chi connectivity index (χ4n) is 4.73. The van der Waals surface area contributed by atoms with Gasteiger partial charge in [0.2, 0.25) is 5.78 Å². The van der Waals surface area contributed by atoms with Crippen LogP contribution in [0.2, 0.25) is 0 Å². The molecule has 0 aliphatic heterocycles. The number of aliphatic hydroxyl groups excluding tert-OH is 1. The Labute approximate surface area is 230 Å². The number of carbonyl (C=O) groups is 1. The maximum Gasteiger partial charge on any atom is 0.219 e. The second-order valence-electron chi connectivity index (χ2n) is 9.89. The first-order valence-corrected chi connectivity index (χ1v) is 14.2. The van der Waals surface area contributed by atoms with E-state index in [2.05, 4.69) is 5.32 Å². The van der Waals surface area contributed by atoms with Gasteiger partial charge in [-0.25, -0.2) is 0 Å². The van der Waals surface area contributed by atoms with Crippen molar-refractivity contribution in [2.75, 3.05) is 26.2 Å². The van der Waals surface area contributed by atoms with Crippen molar-refractivity contribution in [2.45, 2.75) is 89.5 Å². The molecule has 0 spiro atoms. The summed E-state index contributed by atoms with van der Waals surface area (Å²) in [5, 5.41) is 24.5. The molecule has 0 saturated heterocycles. The van der Waals surface area contributed by atoms with Crippen LogP contribution in [0.1, 0.15) is 93.0 Å². The molecule has 0 bridgehead atoms. The second kappa shape index (κ2) is 22.1. The van der Waals surface area contributed by atoms with Gasteiger partial charge >= 0.3 is 0 Å². The van der Waals surface area contributed by atoms with Crippen LogP contribution >= 0.6 is 0 Å². The quantitative estimate of drug-likeness (QED) is 0.138. The molecule has 5 N–H and O–H groups in total. The van der Waals surface area contributed by atoms with Gasteiger partial charge in [0.25, 0.3) is 0 Å². The summed E-state index contributed by atoms with van der Waals surface area (Å²) < 4.78 is 0. The first kappa shape index (κ1) is 33.1. The van der Waals surface area contributed by atoms with Gasteiger partial charge < -0.3 is 33.3 Å². The molecule has 2 rings (SSSR count). The van der Waals surface area contributed by atoms with Crippen LogP contribution in [-0.2, 0) is 6.42 Å². The highest BCUT2D eigenvalue weighted by Crippen LogP contribution is 2.17. The molecule has 0 heterocycles. The molecule has 208 valence electrons. The van der Waals surface area contributed by atoms with Crippen molar-refractivity contribution in [1.29, 1.82) is 0 Å². The summed E-state index contributed by atoms with van der Waals surface area (Å²) in [5.74, 6) is 0.598. The number of phenols is 1. The van der Waals surface area contributed by atoms with Crippen LogP contribution < -0.4 is 23.0 Å². The van der Waals surface area contributed by atoms with E-state index < -0.39 is 0 Å². The predicted octanol–water partition coefficient (Wildman–Crippen LogP) is 2.02. The van der Waals surface area contributed by atoms with Crippen molar-refractivity contribution < 1.29 is 32.7 Å². The molecule has 2 aromatic carbocycles. The highest BCUT2D eigenvalue weighted by atomic mass is 35.5. The van der Waals surface area contributed by atoms with Crippen molar-refractivity contribution in [3.8, 4) is 5.75 Å². The van der Waals surface area contributed by atoms with Crippen LogP contribution in [0, 0.1) is 0 Å². The third kappa shape index (κ3) is 15.2. The fourth-order valence-corrected chi connectivity index (χ4v) is 4.73. The molecular weight excluding hydrogens is 484 g/mol. The van der Waals surface area contributed by atoms with Crippen molar-refractivity contribution in [1.82, 2.24) is 5.32 Å². The van der Waals surface area contributed by atoms with E-state index in [-0.39, 0.29) is 30.8 Å². The Morgan fingerprint density at radius 3 is 1.97 bits per heavy atom. The van der Waals surface area contributed by atoms with E-state index in [0.29, 0.717) is 12.3 Å². The lowest BCUT2D eigenvalue weighted by Crippen LogP contribution is -3.00. The molecule has 0 aliphatic carbocycles. The Morgan fingerprint density at radius 1 is 0.757 bits per heavy atom. The number of ketones is 1. The third-order valence-electron chi connectivity index (χ3n) is 6.89. The highest BCUT2D eigenvalue weighted by molar-refractivity contribution is 5.99. The molecule has 1 unspecified atom stereocenters. The van der Waals surface area contributed by atoms with Crippen LogP contribution in [0.25, 0.3) is 0 Å². The van der Waals surface area contributed by atoms with Crippen LogP contribution in [0.15, 0.2) is 54.6 Å². The SMILES string of the molecule is O=C(c1ccccc1)C(CCCCCCCCCCCCNCCCc1ccccc1O)[NH2+]CCO.[Cl-]. The molecule has 37 heavy (non-hydrogen) atoms. The first-order valence-electron chi connectivity index (χ1n) is 14.2. The zero-order valence-corrected chi connectivity index (χ0v) is 23.3. The average Bonchev–Trinajstić information content (AvgIpc) is 2.91. The number of quaternary nitrogens is 1. The molecular formula is C31H49ClN2O3. The summed E-state index contributed by atoms with van der Waals surface area (Å²) in [4.78, 5) is 12.8. The highest BCUT2D eigenvalue weighted by Gasteiger charge is 2.22. The minimum Gasteiger partial charge on any atom is -1.00 e. The van der Waals surface area contributed by atoms with Crippen molar-refractivity contribution in [2.24, 2.45) is 0 Å². The van der Waals surface area contributed by atoms with Gasteiger partial charge in [0, 0.05) is 12.0 Å². The summed E-state index contributed by atoms with van der Waals surface area (Å²) in [5.41, 5.74) is 1.81. The molecule has 0 aliphatic rings. The Balaban J connectivity index is 0.00000684. The van der Waals surface area contributed by atoms with E-state index in [0.717, 1.165) is 49.9 Å². The molecule has 0 fully saturated rings. The molecule has 0 amide bonds. The lowest BCUT2D eigenvalue weighted by atomic mass is 9.98. The van der Waals surface area contributed by atoms with E-state index in [9.17, 15) is 9.90 Å². The number of nitrogens with two attached hydrogens (primary N) is 1. The second-order valence-corrected chi connectivity index (χ2v) is 9.89. The zero-order valence-electron chi connectivity index (χ0n) is 22.6. The first-order chi connectivity index (χ1) is 17.7. The van der Waals surface area contributed by atoms with Gasteiger partial charge in [-0.3, -0.25) is 4.79 Å². The summed E-state index contributed by atoms with van der Waals surface area (Å²) in [6, 6.07) is 17.1. The number of benzene rings is 2. The Morgan fingerprint density at radius 2 is 1.32 bits per heavy atom. The topological polar surface area (TPSA) is 86.2 Å². The number of aromatic hydroxyl groups is 1. The monoisotopic (exact) mass is 532 g/mol. The third-order valence-corrected chi connectivity index (χ3v) is 6.89. The maximum absolute atomic E-state index is 12.8. The summed E-state index contributed by atoms with van der Waals surface area (Å²) in [6.45, 7) is 2.79. The largest absolute Gasteiger partial charge is 1.00 e. The average molecular weight is 533 g/mol. The van der Waals surface area contributed by atoms with Crippen molar-refractivity contribution >= 4 is 5.78 Å². The number of Topliss-reactive ketones (excluding diaryl/α,β-unsaturated/α-hetero) is 1. The van der Waals surface area contributed by atoms with Gasteiger partial charge in [-0.15, -0.1) is 0 Å². The Hall–Kier alpha value is -1.92. The Kier molecular flexibility index (Phi) is 19.8. The van der Waals surface area contributed by atoms with E-state index in [1.54, 1.807) is 6.07 Å². The number of carbonyl (C=O) groups excluding carboxylic acids is 1.